The molecule has 170 valence electrons. The number of hydrogen-bond acceptors (Lipinski definition) is 4. The molecule has 1 fully saturated rings. The molecule has 1 N–H and O–H groups in total. The zero-order valence-corrected chi connectivity index (χ0v) is 18.1. The van der Waals surface area contributed by atoms with Crippen LogP contribution in [0.25, 0.3) is 10.9 Å². The van der Waals surface area contributed by atoms with E-state index in [9.17, 15) is 26.4 Å². The Hall–Kier alpha value is -2.88. The summed E-state index contributed by atoms with van der Waals surface area (Å²) in [5, 5.41) is 7.21. The quantitative estimate of drug-likeness (QED) is 0.595. The summed E-state index contributed by atoms with van der Waals surface area (Å²) in [6.45, 7) is 0.205. The molecule has 1 saturated carbocycles. The first-order valence-electron chi connectivity index (χ1n) is 10.2. The number of hydrogen-bond donors (Lipinski definition) is 1. The Bertz CT molecular complexity index is 1280. The lowest BCUT2D eigenvalue weighted by molar-refractivity contribution is -0.0476. The molecule has 0 atom stereocenters. The third-order valence-electron chi connectivity index (χ3n) is 5.72. The minimum Gasteiger partial charge on any atom is -0.321 e. The fourth-order valence-corrected chi connectivity index (χ4v) is 4.68. The minimum atomic E-state index is -3.47. The molecule has 0 aliphatic heterocycles. The van der Waals surface area contributed by atoms with Crippen molar-refractivity contribution in [3.8, 4) is 0 Å². The molecule has 1 aromatic heterocycles. The standard InChI is InChI=1S/C22H22F3N3O3S/c1-32(30,31)16-5-2-4-15(12-16)26-21(29)20-17-6-3-7-18(23)19(17)27-28(20)13-14-8-10-22(24,25)11-9-14/h2-7,12,14H,8-11,13H2,1H3,(H,26,29). The Morgan fingerprint density at radius 1 is 1.19 bits per heavy atom. The molecule has 0 saturated heterocycles. The van der Waals surface area contributed by atoms with E-state index in [2.05, 4.69) is 10.4 Å². The summed E-state index contributed by atoms with van der Waals surface area (Å²) < 4.78 is 66.4. The number of carbonyl (C=O) groups is 1. The summed E-state index contributed by atoms with van der Waals surface area (Å²) in [6.07, 6.45) is 1.17. The van der Waals surface area contributed by atoms with Crippen molar-refractivity contribution in [1.29, 1.82) is 0 Å². The molecule has 0 unspecified atom stereocenters. The van der Waals surface area contributed by atoms with Crippen LogP contribution in [0, 0.1) is 11.7 Å². The fraction of sp³-hybridized carbons (Fsp3) is 0.364. The first-order valence-corrected chi connectivity index (χ1v) is 12.1. The van der Waals surface area contributed by atoms with Gasteiger partial charge in [0.05, 0.1) is 4.90 Å². The van der Waals surface area contributed by atoms with E-state index in [4.69, 9.17) is 0 Å². The van der Waals surface area contributed by atoms with Crippen LogP contribution < -0.4 is 5.32 Å². The lowest BCUT2D eigenvalue weighted by atomic mass is 9.87. The van der Waals surface area contributed by atoms with Crippen LogP contribution in [0.1, 0.15) is 36.2 Å². The highest BCUT2D eigenvalue weighted by molar-refractivity contribution is 7.90. The van der Waals surface area contributed by atoms with Crippen LogP contribution in [0.3, 0.4) is 0 Å². The average molecular weight is 465 g/mol. The number of carbonyl (C=O) groups excluding carboxylic acids is 1. The Morgan fingerprint density at radius 3 is 2.56 bits per heavy atom. The van der Waals surface area contributed by atoms with Gasteiger partial charge in [0.15, 0.2) is 15.7 Å². The fourth-order valence-electron chi connectivity index (χ4n) is 4.01. The van der Waals surface area contributed by atoms with Gasteiger partial charge < -0.3 is 5.32 Å². The maximum Gasteiger partial charge on any atom is 0.274 e. The summed E-state index contributed by atoms with van der Waals surface area (Å²) in [6, 6.07) is 10.1. The van der Waals surface area contributed by atoms with Crippen LogP contribution in [0.5, 0.6) is 0 Å². The van der Waals surface area contributed by atoms with Gasteiger partial charge in [-0.05, 0) is 43.0 Å². The number of anilines is 1. The topological polar surface area (TPSA) is 81.1 Å². The number of fused-ring (bicyclic) bond motifs is 1. The molecule has 2 aromatic carbocycles. The number of sulfone groups is 1. The molecule has 1 aliphatic rings. The van der Waals surface area contributed by atoms with E-state index in [0.717, 1.165) is 6.26 Å². The Labute approximate surface area is 183 Å². The van der Waals surface area contributed by atoms with Gasteiger partial charge >= 0.3 is 0 Å². The van der Waals surface area contributed by atoms with Crippen molar-refractivity contribution in [3.63, 3.8) is 0 Å². The largest absolute Gasteiger partial charge is 0.321 e. The van der Waals surface area contributed by atoms with E-state index in [0.29, 0.717) is 5.39 Å². The van der Waals surface area contributed by atoms with Crippen molar-refractivity contribution < 1.29 is 26.4 Å². The zero-order valence-electron chi connectivity index (χ0n) is 17.3. The summed E-state index contributed by atoms with van der Waals surface area (Å²) in [5.41, 5.74) is 0.373. The summed E-state index contributed by atoms with van der Waals surface area (Å²) in [4.78, 5) is 13.2. The lowest BCUT2D eigenvalue weighted by Crippen LogP contribution is -2.28. The smallest absolute Gasteiger partial charge is 0.274 e. The number of nitrogens with zero attached hydrogens (tertiary/aromatic N) is 2. The maximum absolute atomic E-state index is 14.4. The van der Waals surface area contributed by atoms with Gasteiger partial charge in [-0.2, -0.15) is 5.10 Å². The SMILES string of the molecule is CS(=O)(=O)c1cccc(NC(=O)c2c3cccc(F)c3nn2CC2CCC(F)(F)CC2)c1. The van der Waals surface area contributed by atoms with Gasteiger partial charge in [-0.3, -0.25) is 9.48 Å². The van der Waals surface area contributed by atoms with E-state index in [1.807, 2.05) is 0 Å². The van der Waals surface area contributed by atoms with Crippen molar-refractivity contribution in [2.24, 2.45) is 5.92 Å². The monoisotopic (exact) mass is 465 g/mol. The second kappa shape index (κ2) is 8.23. The zero-order chi connectivity index (χ0) is 23.1. The van der Waals surface area contributed by atoms with Gasteiger partial charge in [0.2, 0.25) is 5.92 Å². The molecule has 1 aliphatic carbocycles. The number of amides is 1. The number of halogens is 3. The Kier molecular flexibility index (Phi) is 5.74. The molecule has 32 heavy (non-hydrogen) atoms. The maximum atomic E-state index is 14.4. The van der Waals surface area contributed by atoms with E-state index in [-0.39, 0.29) is 59.9 Å². The van der Waals surface area contributed by atoms with Gasteiger partial charge in [0, 0.05) is 36.7 Å². The highest BCUT2D eigenvalue weighted by Gasteiger charge is 2.35. The van der Waals surface area contributed by atoms with E-state index < -0.39 is 27.5 Å². The normalized spacial score (nSPS) is 16.9. The second-order valence-corrected chi connectivity index (χ2v) is 10.2. The van der Waals surface area contributed by atoms with Crippen molar-refractivity contribution >= 4 is 32.3 Å². The van der Waals surface area contributed by atoms with Crippen LogP contribution in [-0.2, 0) is 16.4 Å². The van der Waals surface area contributed by atoms with Crippen molar-refractivity contribution in [2.75, 3.05) is 11.6 Å². The summed E-state index contributed by atoms with van der Waals surface area (Å²) >= 11 is 0. The van der Waals surface area contributed by atoms with Crippen molar-refractivity contribution in [1.82, 2.24) is 9.78 Å². The molecule has 0 radical (unpaired) electrons. The van der Waals surface area contributed by atoms with Gasteiger partial charge in [-0.1, -0.05) is 18.2 Å². The third kappa shape index (κ3) is 4.64. The average Bonchev–Trinajstić information content (AvgIpc) is 3.09. The van der Waals surface area contributed by atoms with Crippen molar-refractivity contribution in [2.45, 2.75) is 43.0 Å². The molecular formula is C22H22F3N3O3S. The molecule has 1 amide bonds. The van der Waals surface area contributed by atoms with Crippen LogP contribution >= 0.6 is 0 Å². The molecule has 1 heterocycles. The number of rotatable bonds is 5. The van der Waals surface area contributed by atoms with Crippen LogP contribution in [-0.4, -0.2) is 36.3 Å². The van der Waals surface area contributed by atoms with Gasteiger partial charge in [0.1, 0.15) is 11.2 Å². The van der Waals surface area contributed by atoms with Crippen molar-refractivity contribution in [3.05, 3.63) is 54.0 Å². The Morgan fingerprint density at radius 2 is 1.88 bits per heavy atom. The van der Waals surface area contributed by atoms with E-state index in [1.165, 1.54) is 35.0 Å². The molecule has 3 aromatic rings. The minimum absolute atomic E-state index is 0.0173. The highest BCUT2D eigenvalue weighted by Crippen LogP contribution is 2.37. The number of nitrogens with one attached hydrogen (secondary N) is 1. The highest BCUT2D eigenvalue weighted by atomic mass is 32.2. The predicted molar refractivity (Wildman–Crippen MR) is 114 cm³/mol. The molecule has 4 rings (SSSR count). The second-order valence-electron chi connectivity index (χ2n) is 8.22. The molecular weight excluding hydrogens is 443 g/mol. The third-order valence-corrected chi connectivity index (χ3v) is 6.83. The van der Waals surface area contributed by atoms with Gasteiger partial charge in [0.25, 0.3) is 5.91 Å². The van der Waals surface area contributed by atoms with Gasteiger partial charge in [-0.15, -0.1) is 0 Å². The number of aromatic nitrogens is 2. The first-order chi connectivity index (χ1) is 15.0. The summed E-state index contributed by atoms with van der Waals surface area (Å²) in [5.74, 6) is -3.98. The predicted octanol–water partition coefficient (Wildman–Crippen LogP) is 4.66. The first kappa shape index (κ1) is 22.3. The van der Waals surface area contributed by atoms with Crippen LogP contribution in [0.2, 0.25) is 0 Å². The van der Waals surface area contributed by atoms with Crippen LogP contribution in [0.4, 0.5) is 18.9 Å². The van der Waals surface area contributed by atoms with Gasteiger partial charge in [-0.25, -0.2) is 21.6 Å². The number of benzene rings is 2. The molecule has 0 bridgehead atoms. The molecule has 10 heteroatoms. The summed E-state index contributed by atoms with van der Waals surface area (Å²) in [7, 11) is -3.47. The van der Waals surface area contributed by atoms with E-state index in [1.54, 1.807) is 12.1 Å². The lowest BCUT2D eigenvalue weighted by Gasteiger charge is -2.28. The number of alkyl halides is 2. The Balaban J connectivity index is 1.67. The van der Waals surface area contributed by atoms with E-state index >= 15 is 0 Å². The van der Waals surface area contributed by atoms with Crippen LogP contribution in [0.15, 0.2) is 47.4 Å². The molecule has 0 spiro atoms. The molecule has 6 nitrogen and oxygen atoms in total.